The summed E-state index contributed by atoms with van der Waals surface area (Å²) in [4.78, 5) is 0. The van der Waals surface area contributed by atoms with Gasteiger partial charge in [-0.2, -0.15) is 8.42 Å². The molecule has 3 nitrogen and oxygen atoms in total. The highest BCUT2D eigenvalue weighted by molar-refractivity contribution is 8.10. The first-order chi connectivity index (χ1) is 5.88. The minimum Gasteiger partial charge on any atom is -0.371 e. The van der Waals surface area contributed by atoms with Gasteiger partial charge >= 0.3 is 9.33 Å². The van der Waals surface area contributed by atoms with Gasteiger partial charge in [-0.05, 0) is 25.5 Å². The standard InChI is InChI=1S/C8H9ClO3S/c1-6-3-4-8(7(2)5-6)12-13(9,10)11/h3-5H,1-2H3. The summed E-state index contributed by atoms with van der Waals surface area (Å²) in [5.74, 6) is 0.264. The van der Waals surface area contributed by atoms with Gasteiger partial charge in [0.15, 0.2) is 0 Å². The Balaban J connectivity index is 3.04. The highest BCUT2D eigenvalue weighted by atomic mass is 35.7. The Bertz CT molecular complexity index is 411. The molecular formula is C8H9ClO3S. The number of benzene rings is 1. The van der Waals surface area contributed by atoms with Crippen LogP contribution in [-0.4, -0.2) is 8.42 Å². The van der Waals surface area contributed by atoms with Gasteiger partial charge in [0.1, 0.15) is 5.75 Å². The van der Waals surface area contributed by atoms with E-state index in [1.54, 1.807) is 19.1 Å². The topological polar surface area (TPSA) is 43.4 Å². The van der Waals surface area contributed by atoms with Crippen molar-refractivity contribution in [2.45, 2.75) is 13.8 Å². The molecular weight excluding hydrogens is 212 g/mol. The Labute approximate surface area is 81.9 Å². The first-order valence-electron chi connectivity index (χ1n) is 3.60. The molecule has 1 rings (SSSR count). The van der Waals surface area contributed by atoms with Crippen molar-refractivity contribution in [1.29, 1.82) is 0 Å². The van der Waals surface area contributed by atoms with E-state index in [-0.39, 0.29) is 5.75 Å². The monoisotopic (exact) mass is 220 g/mol. The average Bonchev–Trinajstić information content (AvgIpc) is 1.93. The minimum absolute atomic E-state index is 0.264. The molecule has 0 radical (unpaired) electrons. The van der Waals surface area contributed by atoms with E-state index in [1.807, 2.05) is 13.0 Å². The van der Waals surface area contributed by atoms with Gasteiger partial charge in [-0.3, -0.25) is 0 Å². The second-order valence-electron chi connectivity index (χ2n) is 2.75. The molecule has 1 aromatic carbocycles. The molecule has 0 aliphatic carbocycles. The van der Waals surface area contributed by atoms with Crippen molar-refractivity contribution >= 4 is 20.0 Å². The van der Waals surface area contributed by atoms with Crippen molar-refractivity contribution in [3.63, 3.8) is 0 Å². The van der Waals surface area contributed by atoms with Gasteiger partial charge in [-0.15, -0.1) is 0 Å². The summed E-state index contributed by atoms with van der Waals surface area (Å²) in [6.45, 7) is 3.66. The lowest BCUT2D eigenvalue weighted by Gasteiger charge is -2.04. The molecule has 0 spiro atoms. The number of aryl methyl sites for hydroxylation is 2. The first-order valence-corrected chi connectivity index (χ1v) is 5.83. The van der Waals surface area contributed by atoms with Crippen LogP contribution in [0.3, 0.4) is 0 Å². The maximum Gasteiger partial charge on any atom is 0.401 e. The van der Waals surface area contributed by atoms with Gasteiger partial charge in [-0.25, -0.2) is 0 Å². The summed E-state index contributed by atoms with van der Waals surface area (Å²) < 4.78 is 25.7. The lowest BCUT2D eigenvalue weighted by atomic mass is 10.1. The fraction of sp³-hybridized carbons (Fsp3) is 0.250. The summed E-state index contributed by atoms with van der Waals surface area (Å²) in [7, 11) is 0.989. The summed E-state index contributed by atoms with van der Waals surface area (Å²) in [5.41, 5.74) is 1.78. The molecule has 0 heterocycles. The Morgan fingerprint density at radius 1 is 1.31 bits per heavy atom. The molecule has 0 unspecified atom stereocenters. The first kappa shape index (κ1) is 10.3. The van der Waals surface area contributed by atoms with Crippen LogP contribution in [0, 0.1) is 13.8 Å². The Hall–Kier alpha value is -0.740. The van der Waals surface area contributed by atoms with Crippen LogP contribution in [0.2, 0.25) is 0 Å². The number of rotatable bonds is 2. The summed E-state index contributed by atoms with van der Waals surface area (Å²) >= 11 is 0. The molecule has 0 aromatic heterocycles. The number of halogens is 1. The van der Waals surface area contributed by atoms with Crippen LogP contribution in [0.4, 0.5) is 0 Å². The Kier molecular flexibility index (Phi) is 2.83. The summed E-state index contributed by atoms with van der Waals surface area (Å²) in [5, 5.41) is 0. The predicted octanol–water partition coefficient (Wildman–Crippen LogP) is 2.17. The zero-order valence-electron chi connectivity index (χ0n) is 7.24. The van der Waals surface area contributed by atoms with Gasteiger partial charge in [0.2, 0.25) is 0 Å². The van der Waals surface area contributed by atoms with Crippen LogP contribution < -0.4 is 4.18 Å². The zero-order valence-corrected chi connectivity index (χ0v) is 8.82. The van der Waals surface area contributed by atoms with Crippen LogP contribution >= 0.6 is 10.7 Å². The molecule has 0 fully saturated rings. The molecule has 0 atom stereocenters. The molecule has 0 aliphatic heterocycles. The number of hydrogen-bond acceptors (Lipinski definition) is 3. The maximum atomic E-state index is 10.6. The fourth-order valence-corrected chi connectivity index (χ4v) is 1.61. The molecule has 0 bridgehead atoms. The van der Waals surface area contributed by atoms with Crippen LogP contribution in [-0.2, 0) is 9.33 Å². The maximum absolute atomic E-state index is 10.6. The van der Waals surface area contributed by atoms with Crippen molar-refractivity contribution in [2.24, 2.45) is 0 Å². The third-order valence-corrected chi connectivity index (χ3v) is 2.09. The van der Waals surface area contributed by atoms with Crippen LogP contribution in [0.1, 0.15) is 11.1 Å². The van der Waals surface area contributed by atoms with E-state index in [0.29, 0.717) is 0 Å². The largest absolute Gasteiger partial charge is 0.401 e. The molecule has 0 N–H and O–H groups in total. The third-order valence-electron chi connectivity index (χ3n) is 1.52. The van der Waals surface area contributed by atoms with Gasteiger partial charge in [0.05, 0.1) is 10.7 Å². The molecule has 13 heavy (non-hydrogen) atoms. The second kappa shape index (κ2) is 3.55. The van der Waals surface area contributed by atoms with Crippen molar-refractivity contribution in [3.8, 4) is 5.75 Å². The molecule has 0 aliphatic rings. The zero-order chi connectivity index (χ0) is 10.1. The van der Waals surface area contributed by atoms with Gasteiger partial charge in [0, 0.05) is 0 Å². The lowest BCUT2D eigenvalue weighted by Crippen LogP contribution is -2.01. The van der Waals surface area contributed by atoms with Gasteiger partial charge < -0.3 is 4.18 Å². The third kappa shape index (κ3) is 3.24. The van der Waals surface area contributed by atoms with Crippen molar-refractivity contribution in [3.05, 3.63) is 29.3 Å². The Morgan fingerprint density at radius 3 is 2.38 bits per heavy atom. The van der Waals surface area contributed by atoms with Crippen molar-refractivity contribution in [1.82, 2.24) is 0 Å². The van der Waals surface area contributed by atoms with Crippen molar-refractivity contribution in [2.75, 3.05) is 0 Å². The van der Waals surface area contributed by atoms with Crippen molar-refractivity contribution < 1.29 is 12.6 Å². The quantitative estimate of drug-likeness (QED) is 0.718. The normalized spacial score (nSPS) is 11.3. The second-order valence-corrected chi connectivity index (χ2v) is 4.83. The molecule has 0 amide bonds. The minimum atomic E-state index is -3.94. The van der Waals surface area contributed by atoms with E-state index in [9.17, 15) is 8.42 Å². The Morgan fingerprint density at radius 2 is 1.92 bits per heavy atom. The van der Waals surface area contributed by atoms with Gasteiger partial charge in [-0.1, -0.05) is 17.7 Å². The van der Waals surface area contributed by atoms with E-state index in [4.69, 9.17) is 10.7 Å². The van der Waals surface area contributed by atoms with Crippen LogP contribution in [0.5, 0.6) is 5.75 Å². The average molecular weight is 221 g/mol. The lowest BCUT2D eigenvalue weighted by molar-refractivity contribution is 0.501. The smallest absolute Gasteiger partial charge is 0.371 e. The van der Waals surface area contributed by atoms with E-state index in [2.05, 4.69) is 4.18 Å². The van der Waals surface area contributed by atoms with E-state index in [0.717, 1.165) is 11.1 Å². The molecule has 0 saturated heterocycles. The van der Waals surface area contributed by atoms with Gasteiger partial charge in [0.25, 0.3) is 0 Å². The summed E-state index contributed by atoms with van der Waals surface area (Å²) in [6, 6.07) is 5.15. The van der Waals surface area contributed by atoms with E-state index >= 15 is 0 Å². The fourth-order valence-electron chi connectivity index (χ4n) is 1.00. The highest BCUT2D eigenvalue weighted by Gasteiger charge is 2.09. The molecule has 72 valence electrons. The van der Waals surface area contributed by atoms with E-state index in [1.165, 1.54) is 0 Å². The molecule has 1 aromatic rings. The summed E-state index contributed by atoms with van der Waals surface area (Å²) in [6.07, 6.45) is 0. The number of hydrogen-bond donors (Lipinski definition) is 0. The van der Waals surface area contributed by atoms with Crippen LogP contribution in [0.15, 0.2) is 18.2 Å². The highest BCUT2D eigenvalue weighted by Crippen LogP contribution is 2.21. The molecule has 5 heteroatoms. The SMILES string of the molecule is Cc1ccc(OS(=O)(=O)Cl)c(C)c1. The predicted molar refractivity (Wildman–Crippen MR) is 51.3 cm³/mol. The van der Waals surface area contributed by atoms with Crippen LogP contribution in [0.25, 0.3) is 0 Å². The van der Waals surface area contributed by atoms with E-state index < -0.39 is 9.33 Å². The molecule has 0 saturated carbocycles.